The smallest absolute Gasteiger partial charge is 0.220 e. The fourth-order valence-electron chi connectivity index (χ4n) is 4.71. The first-order valence-electron chi connectivity index (χ1n) is 11.9. The number of anilines is 1. The van der Waals surface area contributed by atoms with Crippen LogP contribution < -0.4 is 10.6 Å². The van der Waals surface area contributed by atoms with Crippen molar-refractivity contribution in [1.29, 1.82) is 0 Å². The first-order chi connectivity index (χ1) is 15.8. The number of primary amides is 1. The number of aromatic nitrogens is 4. The second-order valence-corrected chi connectivity index (χ2v) is 9.34. The van der Waals surface area contributed by atoms with Gasteiger partial charge in [0, 0.05) is 19.0 Å². The Balaban J connectivity index is 0.000000376. The number of hydrogen-bond acceptors (Lipinski definition) is 6. The van der Waals surface area contributed by atoms with E-state index >= 15 is 0 Å². The fraction of sp³-hybridized carbons (Fsp3) is 0.520. The average molecular weight is 450 g/mol. The SMILES string of the molecule is CN1CCCC1.Cc1ccc(-n2nc3c(N4CCC(C(N)=O)CC4)nnc(C)c3c2C)cc1. The number of nitrogens with zero attached hydrogens (tertiary/aromatic N) is 6. The van der Waals surface area contributed by atoms with E-state index in [0.29, 0.717) is 0 Å². The Kier molecular flexibility index (Phi) is 6.93. The Morgan fingerprint density at radius 2 is 1.61 bits per heavy atom. The van der Waals surface area contributed by atoms with E-state index in [0.717, 1.165) is 59.7 Å². The quantitative estimate of drug-likeness (QED) is 0.660. The normalized spacial score (nSPS) is 17.3. The molecule has 0 radical (unpaired) electrons. The van der Waals surface area contributed by atoms with E-state index in [1.807, 2.05) is 11.6 Å². The molecule has 2 aromatic heterocycles. The molecule has 2 fully saturated rings. The minimum Gasteiger partial charge on any atom is -0.369 e. The minimum atomic E-state index is -0.214. The average Bonchev–Trinajstić information content (AvgIpc) is 3.42. The van der Waals surface area contributed by atoms with Gasteiger partial charge in [0.15, 0.2) is 5.82 Å². The number of fused-ring (bicyclic) bond motifs is 1. The third-order valence-corrected chi connectivity index (χ3v) is 6.79. The maximum atomic E-state index is 11.4. The number of benzene rings is 1. The van der Waals surface area contributed by atoms with Gasteiger partial charge in [-0.1, -0.05) is 17.7 Å². The van der Waals surface area contributed by atoms with Crippen LogP contribution in [0, 0.1) is 26.7 Å². The van der Waals surface area contributed by atoms with Gasteiger partial charge in [-0.05, 0) is 78.7 Å². The maximum absolute atomic E-state index is 11.4. The highest BCUT2D eigenvalue weighted by Crippen LogP contribution is 2.31. The molecule has 2 aliphatic rings. The number of rotatable bonds is 3. The number of amides is 1. The van der Waals surface area contributed by atoms with Gasteiger partial charge in [0.1, 0.15) is 5.52 Å². The zero-order chi connectivity index (χ0) is 23.5. The van der Waals surface area contributed by atoms with Crippen molar-refractivity contribution in [3.05, 3.63) is 41.2 Å². The van der Waals surface area contributed by atoms with Gasteiger partial charge in [-0.15, -0.1) is 5.10 Å². The van der Waals surface area contributed by atoms with E-state index in [2.05, 4.69) is 65.2 Å². The first kappa shape index (κ1) is 23.2. The first-order valence-corrected chi connectivity index (χ1v) is 11.9. The number of nitrogens with two attached hydrogens (primary N) is 1. The minimum absolute atomic E-state index is 0.0537. The second-order valence-electron chi connectivity index (χ2n) is 9.34. The molecule has 0 bridgehead atoms. The molecule has 8 heteroatoms. The Morgan fingerprint density at radius 1 is 0.970 bits per heavy atom. The molecule has 4 heterocycles. The number of hydrogen-bond donors (Lipinski definition) is 1. The van der Waals surface area contributed by atoms with Crippen molar-refractivity contribution in [2.24, 2.45) is 11.7 Å². The van der Waals surface area contributed by atoms with Crippen LogP contribution in [0.5, 0.6) is 0 Å². The zero-order valence-electron chi connectivity index (χ0n) is 20.2. The molecule has 1 amide bonds. The molecule has 3 aromatic rings. The summed E-state index contributed by atoms with van der Waals surface area (Å²) in [5.74, 6) is 0.517. The van der Waals surface area contributed by atoms with Crippen LogP contribution in [0.15, 0.2) is 24.3 Å². The Morgan fingerprint density at radius 3 is 2.15 bits per heavy atom. The molecule has 5 rings (SSSR count). The molecule has 2 aliphatic heterocycles. The highest BCUT2D eigenvalue weighted by molar-refractivity contribution is 5.92. The lowest BCUT2D eigenvalue weighted by atomic mass is 9.96. The molecular weight excluding hydrogens is 414 g/mol. The summed E-state index contributed by atoms with van der Waals surface area (Å²) in [5, 5.41) is 14.8. The topological polar surface area (TPSA) is 93.2 Å². The maximum Gasteiger partial charge on any atom is 0.220 e. The van der Waals surface area contributed by atoms with Crippen molar-refractivity contribution >= 4 is 22.6 Å². The van der Waals surface area contributed by atoms with Crippen LogP contribution in [-0.2, 0) is 4.79 Å². The van der Waals surface area contributed by atoms with Crippen LogP contribution >= 0.6 is 0 Å². The molecule has 0 aliphatic carbocycles. The largest absolute Gasteiger partial charge is 0.369 e. The number of carbonyl (C=O) groups excluding carboxylic acids is 1. The monoisotopic (exact) mass is 449 g/mol. The fourth-order valence-corrected chi connectivity index (χ4v) is 4.71. The molecule has 0 atom stereocenters. The van der Waals surface area contributed by atoms with Crippen LogP contribution in [0.4, 0.5) is 5.82 Å². The van der Waals surface area contributed by atoms with Crippen molar-refractivity contribution in [2.75, 3.05) is 38.1 Å². The highest BCUT2D eigenvalue weighted by atomic mass is 16.1. The van der Waals surface area contributed by atoms with Crippen molar-refractivity contribution in [1.82, 2.24) is 24.9 Å². The Hall–Kier alpha value is -3.00. The van der Waals surface area contributed by atoms with E-state index in [1.54, 1.807) is 0 Å². The zero-order valence-corrected chi connectivity index (χ0v) is 20.2. The van der Waals surface area contributed by atoms with Gasteiger partial charge in [-0.25, -0.2) is 4.68 Å². The van der Waals surface area contributed by atoms with Gasteiger partial charge in [0.25, 0.3) is 0 Å². The van der Waals surface area contributed by atoms with Gasteiger partial charge in [0.05, 0.1) is 22.5 Å². The summed E-state index contributed by atoms with van der Waals surface area (Å²) in [6.45, 7) is 10.2. The van der Waals surface area contributed by atoms with Crippen LogP contribution in [-0.4, -0.2) is 64.0 Å². The summed E-state index contributed by atoms with van der Waals surface area (Å²) < 4.78 is 1.96. The summed E-state index contributed by atoms with van der Waals surface area (Å²) in [6.07, 6.45) is 4.31. The van der Waals surface area contributed by atoms with E-state index in [1.165, 1.54) is 31.5 Å². The van der Waals surface area contributed by atoms with Crippen LogP contribution in [0.3, 0.4) is 0 Å². The molecule has 2 saturated heterocycles. The number of likely N-dealkylation sites (tertiary alicyclic amines) is 1. The molecule has 2 N–H and O–H groups in total. The lowest BCUT2D eigenvalue weighted by Crippen LogP contribution is -2.39. The van der Waals surface area contributed by atoms with Crippen molar-refractivity contribution in [3.63, 3.8) is 0 Å². The number of piperidine rings is 1. The summed E-state index contributed by atoms with van der Waals surface area (Å²) >= 11 is 0. The van der Waals surface area contributed by atoms with Crippen LogP contribution in [0.25, 0.3) is 16.6 Å². The molecular formula is C25H35N7O. The van der Waals surface area contributed by atoms with Gasteiger partial charge in [0.2, 0.25) is 5.91 Å². The molecule has 8 nitrogen and oxygen atoms in total. The highest BCUT2D eigenvalue weighted by Gasteiger charge is 2.27. The summed E-state index contributed by atoms with van der Waals surface area (Å²) in [7, 11) is 2.17. The summed E-state index contributed by atoms with van der Waals surface area (Å²) in [4.78, 5) is 16.0. The predicted octanol–water partition coefficient (Wildman–Crippen LogP) is 3.15. The summed E-state index contributed by atoms with van der Waals surface area (Å²) in [6, 6.07) is 8.31. The molecule has 1 aromatic carbocycles. The molecule has 0 spiro atoms. The number of aryl methyl sites for hydroxylation is 3. The second kappa shape index (κ2) is 9.87. The van der Waals surface area contributed by atoms with Gasteiger partial charge in [-0.2, -0.15) is 10.2 Å². The van der Waals surface area contributed by atoms with Gasteiger partial charge in [-0.3, -0.25) is 4.79 Å². The van der Waals surface area contributed by atoms with E-state index in [9.17, 15) is 4.79 Å². The molecule has 0 unspecified atom stereocenters. The standard InChI is InChI=1S/C20H24N6O.C5H11N/c1-12-4-6-16(7-5-12)26-14(3)17-13(2)22-23-20(18(17)24-26)25-10-8-15(9-11-25)19(21)27;1-6-4-2-3-5-6/h4-7,15H,8-11H2,1-3H3,(H2,21,27);2-5H2,1H3. The Labute approximate surface area is 195 Å². The lowest BCUT2D eigenvalue weighted by molar-refractivity contribution is -0.122. The van der Waals surface area contributed by atoms with Crippen molar-refractivity contribution < 1.29 is 4.79 Å². The predicted molar refractivity (Wildman–Crippen MR) is 132 cm³/mol. The van der Waals surface area contributed by atoms with E-state index < -0.39 is 0 Å². The number of carbonyl (C=O) groups is 1. The summed E-state index contributed by atoms with van der Waals surface area (Å²) in [5.41, 5.74) is 10.5. The molecule has 33 heavy (non-hydrogen) atoms. The van der Waals surface area contributed by atoms with Crippen molar-refractivity contribution in [2.45, 2.75) is 46.5 Å². The Bertz CT molecular complexity index is 1110. The van der Waals surface area contributed by atoms with E-state index in [4.69, 9.17) is 10.8 Å². The molecule has 176 valence electrons. The molecule has 0 saturated carbocycles. The van der Waals surface area contributed by atoms with Gasteiger partial charge >= 0.3 is 0 Å². The van der Waals surface area contributed by atoms with Gasteiger partial charge < -0.3 is 15.5 Å². The third-order valence-electron chi connectivity index (χ3n) is 6.79. The lowest BCUT2D eigenvalue weighted by Gasteiger charge is -2.31. The third kappa shape index (κ3) is 5.00. The van der Waals surface area contributed by atoms with E-state index in [-0.39, 0.29) is 11.8 Å². The van der Waals surface area contributed by atoms with Crippen molar-refractivity contribution in [3.8, 4) is 5.69 Å². The van der Waals surface area contributed by atoms with Crippen LogP contribution in [0.2, 0.25) is 0 Å². The van der Waals surface area contributed by atoms with Crippen LogP contribution in [0.1, 0.15) is 42.6 Å².